The SMILES string of the molecule is CC=C(C)C(=O)OC1C(C)OC2Oc3c(O)c4c(cc(=O)c3C2(O)C1O)C(=O)c1c-4cc(C)nc1C. The zero-order valence-corrected chi connectivity index (χ0v) is 20.3. The van der Waals surface area contributed by atoms with E-state index in [9.17, 15) is 29.7 Å². The molecular weight excluding hydrogens is 470 g/mol. The van der Waals surface area contributed by atoms with Gasteiger partial charge in [0.05, 0.1) is 17.2 Å². The Bertz CT molecular complexity index is 1450. The number of pyridine rings is 1. The van der Waals surface area contributed by atoms with Gasteiger partial charge in [-0.2, -0.15) is 0 Å². The summed E-state index contributed by atoms with van der Waals surface area (Å²) >= 11 is 0. The molecule has 1 fully saturated rings. The van der Waals surface area contributed by atoms with E-state index in [2.05, 4.69) is 4.98 Å². The third-order valence-electron chi connectivity index (χ3n) is 7.09. The van der Waals surface area contributed by atoms with Gasteiger partial charge in [0.15, 0.2) is 34.4 Å². The van der Waals surface area contributed by atoms with Crippen molar-refractivity contribution in [2.75, 3.05) is 0 Å². The van der Waals surface area contributed by atoms with Crippen LogP contribution in [-0.4, -0.2) is 56.7 Å². The van der Waals surface area contributed by atoms with Crippen LogP contribution in [0.1, 0.15) is 53.6 Å². The Morgan fingerprint density at radius 2 is 1.89 bits per heavy atom. The van der Waals surface area contributed by atoms with Gasteiger partial charge in [-0.25, -0.2) is 4.79 Å². The molecular formula is C26H25NO9. The molecule has 2 aromatic rings. The molecule has 1 aromatic carbocycles. The van der Waals surface area contributed by atoms with Crippen molar-refractivity contribution in [3.8, 4) is 22.6 Å². The second kappa shape index (κ2) is 7.95. The Labute approximate surface area is 205 Å². The molecule has 188 valence electrons. The molecule has 0 radical (unpaired) electrons. The first-order valence-electron chi connectivity index (χ1n) is 11.5. The quantitative estimate of drug-likeness (QED) is 0.352. The summed E-state index contributed by atoms with van der Waals surface area (Å²) in [6, 6.07) is 2.62. The predicted octanol–water partition coefficient (Wildman–Crippen LogP) is 1.54. The van der Waals surface area contributed by atoms with Crippen LogP contribution in [0.3, 0.4) is 0 Å². The number of aromatic nitrogens is 1. The van der Waals surface area contributed by atoms with Crippen LogP contribution in [-0.2, 0) is 19.9 Å². The van der Waals surface area contributed by atoms with Crippen molar-refractivity contribution in [1.82, 2.24) is 4.98 Å². The highest BCUT2D eigenvalue weighted by Gasteiger charge is 2.64. The number of hydrogen-bond donors (Lipinski definition) is 3. The molecule has 0 saturated carbocycles. The minimum absolute atomic E-state index is 0.0680. The van der Waals surface area contributed by atoms with Gasteiger partial charge in [-0.1, -0.05) is 6.08 Å². The van der Waals surface area contributed by atoms with E-state index < -0.39 is 64.4 Å². The van der Waals surface area contributed by atoms with E-state index in [4.69, 9.17) is 14.2 Å². The summed E-state index contributed by atoms with van der Waals surface area (Å²) < 4.78 is 16.8. The lowest BCUT2D eigenvalue weighted by Crippen LogP contribution is -2.64. The van der Waals surface area contributed by atoms with Gasteiger partial charge in [-0.15, -0.1) is 0 Å². The fourth-order valence-corrected chi connectivity index (χ4v) is 5.15. The summed E-state index contributed by atoms with van der Waals surface area (Å²) in [6.45, 7) is 8.07. The van der Waals surface area contributed by atoms with Crippen molar-refractivity contribution in [3.05, 3.63) is 62.1 Å². The number of aromatic hydroxyl groups is 1. The number of allylic oxidation sites excluding steroid dienone is 1. The third-order valence-corrected chi connectivity index (χ3v) is 7.09. The Morgan fingerprint density at radius 3 is 2.56 bits per heavy atom. The molecule has 3 heterocycles. The van der Waals surface area contributed by atoms with Gasteiger partial charge < -0.3 is 29.5 Å². The molecule has 10 nitrogen and oxygen atoms in total. The van der Waals surface area contributed by atoms with Gasteiger partial charge in [0.25, 0.3) is 0 Å². The summed E-state index contributed by atoms with van der Waals surface area (Å²) in [4.78, 5) is 43.3. The van der Waals surface area contributed by atoms with Crippen LogP contribution in [0.2, 0.25) is 0 Å². The van der Waals surface area contributed by atoms with Crippen molar-refractivity contribution < 1.29 is 39.1 Å². The Hall–Kier alpha value is -3.60. The molecule has 36 heavy (non-hydrogen) atoms. The minimum Gasteiger partial charge on any atom is -0.504 e. The summed E-state index contributed by atoms with van der Waals surface area (Å²) in [5, 5.41) is 34.2. The first-order chi connectivity index (χ1) is 16.9. The van der Waals surface area contributed by atoms with Gasteiger partial charge >= 0.3 is 5.97 Å². The number of ether oxygens (including phenoxy) is 3. The molecule has 1 aromatic heterocycles. The molecule has 3 N–H and O–H groups in total. The largest absolute Gasteiger partial charge is 0.504 e. The standard InChI is InChI=1S/C26H25NO9/c1-6-9(2)24(32)35-21-12(5)34-25-26(33,23(21)31)18-15(28)8-14-17(20(30)22(18)36-25)13-7-10(3)27-11(4)16(13)19(14)29/h6-8,12,21,23,25,30-31,33H,1-5H3. The molecule has 5 rings (SSSR count). The minimum atomic E-state index is -2.49. The summed E-state index contributed by atoms with van der Waals surface area (Å²) in [5.41, 5.74) is -1.90. The van der Waals surface area contributed by atoms with Crippen LogP contribution in [0.25, 0.3) is 11.1 Å². The maximum Gasteiger partial charge on any atom is 0.333 e. The maximum atomic E-state index is 13.4. The Morgan fingerprint density at radius 1 is 1.19 bits per heavy atom. The third kappa shape index (κ3) is 3.08. The Kier molecular flexibility index (Phi) is 5.33. The van der Waals surface area contributed by atoms with Crippen molar-refractivity contribution in [1.29, 1.82) is 0 Å². The second-order valence-electron chi connectivity index (χ2n) is 9.35. The number of ketones is 1. The second-order valence-corrected chi connectivity index (χ2v) is 9.35. The molecule has 3 aliphatic rings. The number of carbonyl (C=O) groups excluding carboxylic acids is 2. The Balaban J connectivity index is 1.70. The normalized spacial score (nSPS) is 28.1. The van der Waals surface area contributed by atoms with Crippen molar-refractivity contribution in [2.24, 2.45) is 0 Å². The molecule has 5 unspecified atom stereocenters. The van der Waals surface area contributed by atoms with Crippen LogP contribution >= 0.6 is 0 Å². The van der Waals surface area contributed by atoms with E-state index in [0.717, 1.165) is 6.07 Å². The summed E-state index contributed by atoms with van der Waals surface area (Å²) in [6.07, 6.45) is -4.19. The van der Waals surface area contributed by atoms with Crippen molar-refractivity contribution >= 4 is 11.8 Å². The van der Waals surface area contributed by atoms with Gasteiger partial charge in [0.2, 0.25) is 6.29 Å². The zero-order chi connectivity index (χ0) is 26.3. The van der Waals surface area contributed by atoms with Gasteiger partial charge in [0.1, 0.15) is 6.10 Å². The van der Waals surface area contributed by atoms with E-state index in [0.29, 0.717) is 17.0 Å². The monoisotopic (exact) mass is 495 g/mol. The van der Waals surface area contributed by atoms with Crippen LogP contribution in [0, 0.1) is 13.8 Å². The van der Waals surface area contributed by atoms with Gasteiger partial charge in [-0.05, 0) is 46.8 Å². The maximum absolute atomic E-state index is 13.4. The summed E-state index contributed by atoms with van der Waals surface area (Å²) in [5.74, 6) is -2.20. The molecule has 0 bridgehead atoms. The lowest BCUT2D eigenvalue weighted by Gasteiger charge is -2.44. The number of nitrogens with zero attached hydrogens (tertiary/aromatic N) is 1. The van der Waals surface area contributed by atoms with Crippen LogP contribution in [0.4, 0.5) is 0 Å². The van der Waals surface area contributed by atoms with E-state index in [-0.39, 0.29) is 22.3 Å². The molecule has 1 saturated heterocycles. The number of hydrogen-bond acceptors (Lipinski definition) is 10. The zero-order valence-electron chi connectivity index (χ0n) is 20.3. The van der Waals surface area contributed by atoms with Gasteiger partial charge in [-0.3, -0.25) is 14.6 Å². The molecule has 2 aliphatic heterocycles. The fourth-order valence-electron chi connectivity index (χ4n) is 5.15. The van der Waals surface area contributed by atoms with E-state index >= 15 is 0 Å². The molecule has 1 aliphatic carbocycles. The average molecular weight is 495 g/mol. The lowest BCUT2D eigenvalue weighted by atomic mass is 9.82. The number of carbonyl (C=O) groups is 2. The fraction of sp³-hybridized carbons (Fsp3) is 0.385. The number of aryl methyl sites for hydroxylation is 2. The highest BCUT2D eigenvalue weighted by Crippen LogP contribution is 2.54. The van der Waals surface area contributed by atoms with Crippen molar-refractivity contribution in [3.63, 3.8) is 0 Å². The highest BCUT2D eigenvalue weighted by molar-refractivity contribution is 6.23. The predicted molar refractivity (Wildman–Crippen MR) is 125 cm³/mol. The number of esters is 1. The van der Waals surface area contributed by atoms with Gasteiger partial charge in [0, 0.05) is 33.7 Å². The van der Waals surface area contributed by atoms with Crippen LogP contribution < -0.4 is 10.2 Å². The van der Waals surface area contributed by atoms with E-state index in [1.807, 2.05) is 0 Å². The topological polar surface area (TPSA) is 152 Å². The number of aliphatic hydroxyl groups is 2. The van der Waals surface area contributed by atoms with Crippen LogP contribution in [0.15, 0.2) is 28.6 Å². The average Bonchev–Trinajstić information content (AvgIpc) is 3.23. The smallest absolute Gasteiger partial charge is 0.333 e. The molecule has 5 atom stereocenters. The van der Waals surface area contributed by atoms with E-state index in [1.165, 1.54) is 19.9 Å². The molecule has 10 heteroatoms. The first-order valence-corrected chi connectivity index (χ1v) is 11.5. The number of rotatable bonds is 2. The highest BCUT2D eigenvalue weighted by atomic mass is 16.7. The van der Waals surface area contributed by atoms with Crippen molar-refractivity contribution in [2.45, 2.75) is 64.8 Å². The van der Waals surface area contributed by atoms with Crippen LogP contribution in [0.5, 0.6) is 11.5 Å². The summed E-state index contributed by atoms with van der Waals surface area (Å²) in [7, 11) is 0. The molecule has 0 spiro atoms. The number of aliphatic hydroxyl groups excluding tert-OH is 1. The lowest BCUT2D eigenvalue weighted by molar-refractivity contribution is -0.309. The molecule has 0 amide bonds. The first kappa shape index (κ1) is 24.1. The number of fused-ring (bicyclic) bond motifs is 6. The van der Waals surface area contributed by atoms with E-state index in [1.54, 1.807) is 26.8 Å².